The minimum absolute atomic E-state index is 0.270. The summed E-state index contributed by atoms with van der Waals surface area (Å²) in [5.74, 6) is -0.920. The Balaban J connectivity index is 2.76. The van der Waals surface area contributed by atoms with Crippen molar-refractivity contribution < 1.29 is 13.9 Å². The van der Waals surface area contributed by atoms with Crippen LogP contribution in [0.3, 0.4) is 0 Å². The number of benzene rings is 1. The lowest BCUT2D eigenvalue weighted by Crippen LogP contribution is -2.09. The Morgan fingerprint density at radius 2 is 2.18 bits per heavy atom. The highest BCUT2D eigenvalue weighted by molar-refractivity contribution is 5.82. The first kappa shape index (κ1) is 12.7. The standard InChI is InChI=1S/C12H11FN2O2/c1-2-17-12(16)7-8-15(9-14)11-5-3-10(13)4-6-11/h3-8H,2H2,1H3/b8-7+. The van der Waals surface area contributed by atoms with E-state index in [-0.39, 0.29) is 12.4 Å². The highest BCUT2D eigenvalue weighted by Gasteiger charge is 2.02. The molecular formula is C12H11FN2O2. The number of hydrogen-bond donors (Lipinski definition) is 0. The molecule has 0 aromatic heterocycles. The summed E-state index contributed by atoms with van der Waals surface area (Å²) in [6.07, 6.45) is 4.26. The molecule has 0 amide bonds. The van der Waals surface area contributed by atoms with Gasteiger partial charge in [0.1, 0.15) is 5.82 Å². The molecule has 0 saturated carbocycles. The molecule has 1 aromatic rings. The molecule has 0 heterocycles. The van der Waals surface area contributed by atoms with Gasteiger partial charge in [0.25, 0.3) is 0 Å². The second kappa shape index (κ2) is 6.28. The summed E-state index contributed by atoms with van der Waals surface area (Å²) >= 11 is 0. The summed E-state index contributed by atoms with van der Waals surface area (Å²) < 4.78 is 17.3. The maximum Gasteiger partial charge on any atom is 0.332 e. The zero-order valence-corrected chi connectivity index (χ0v) is 9.26. The molecule has 0 saturated heterocycles. The van der Waals surface area contributed by atoms with Crippen molar-refractivity contribution in [2.75, 3.05) is 11.5 Å². The predicted octanol–water partition coefficient (Wildman–Crippen LogP) is 2.19. The van der Waals surface area contributed by atoms with E-state index in [1.165, 1.54) is 30.5 Å². The summed E-state index contributed by atoms with van der Waals surface area (Å²) in [6, 6.07) is 5.35. The van der Waals surface area contributed by atoms with Crippen molar-refractivity contribution in [2.24, 2.45) is 0 Å². The van der Waals surface area contributed by atoms with Crippen molar-refractivity contribution in [1.29, 1.82) is 5.26 Å². The monoisotopic (exact) mass is 234 g/mol. The van der Waals surface area contributed by atoms with Gasteiger partial charge in [-0.2, -0.15) is 5.26 Å². The molecule has 1 aromatic carbocycles. The maximum atomic E-state index is 12.7. The average Bonchev–Trinajstić information content (AvgIpc) is 2.32. The van der Waals surface area contributed by atoms with Crippen LogP contribution in [0.4, 0.5) is 10.1 Å². The van der Waals surface area contributed by atoms with Gasteiger partial charge in [-0.05, 0) is 31.2 Å². The Kier molecular flexibility index (Phi) is 4.70. The fraction of sp³-hybridized carbons (Fsp3) is 0.167. The lowest BCUT2D eigenvalue weighted by molar-refractivity contribution is -0.137. The SMILES string of the molecule is CCOC(=O)/C=C/N(C#N)c1ccc(F)cc1. The van der Waals surface area contributed by atoms with E-state index >= 15 is 0 Å². The zero-order chi connectivity index (χ0) is 12.7. The average molecular weight is 234 g/mol. The normalized spacial score (nSPS) is 9.94. The van der Waals surface area contributed by atoms with Crippen LogP contribution in [-0.2, 0) is 9.53 Å². The van der Waals surface area contributed by atoms with Crippen LogP contribution in [0.5, 0.6) is 0 Å². The van der Waals surface area contributed by atoms with Gasteiger partial charge in [-0.3, -0.25) is 4.90 Å². The first-order valence-corrected chi connectivity index (χ1v) is 4.97. The molecule has 4 nitrogen and oxygen atoms in total. The lowest BCUT2D eigenvalue weighted by Gasteiger charge is -2.09. The van der Waals surface area contributed by atoms with Gasteiger partial charge in [0.15, 0.2) is 6.19 Å². The molecule has 0 aliphatic heterocycles. The van der Waals surface area contributed by atoms with Crippen LogP contribution >= 0.6 is 0 Å². The van der Waals surface area contributed by atoms with Gasteiger partial charge in [0.2, 0.25) is 0 Å². The molecule has 1 rings (SSSR count). The second-order valence-electron chi connectivity index (χ2n) is 3.01. The number of carbonyl (C=O) groups is 1. The molecule has 0 N–H and O–H groups in total. The number of halogens is 1. The highest BCUT2D eigenvalue weighted by atomic mass is 19.1. The predicted molar refractivity (Wildman–Crippen MR) is 60.3 cm³/mol. The van der Waals surface area contributed by atoms with E-state index in [0.29, 0.717) is 5.69 Å². The number of rotatable bonds is 4. The molecule has 0 fully saturated rings. The number of ether oxygens (including phenoxy) is 1. The maximum absolute atomic E-state index is 12.7. The van der Waals surface area contributed by atoms with Crippen LogP contribution in [0.2, 0.25) is 0 Å². The number of nitrogens with zero attached hydrogens (tertiary/aromatic N) is 2. The number of carbonyl (C=O) groups excluding carboxylic acids is 1. The summed E-state index contributed by atoms with van der Waals surface area (Å²) in [6.45, 7) is 1.96. The molecule has 0 atom stereocenters. The number of anilines is 1. The Hall–Kier alpha value is -2.35. The zero-order valence-electron chi connectivity index (χ0n) is 9.26. The van der Waals surface area contributed by atoms with Crippen LogP contribution in [0.25, 0.3) is 0 Å². The van der Waals surface area contributed by atoms with Crippen LogP contribution < -0.4 is 4.90 Å². The van der Waals surface area contributed by atoms with Crippen LogP contribution in [-0.4, -0.2) is 12.6 Å². The third-order valence-corrected chi connectivity index (χ3v) is 1.86. The first-order chi connectivity index (χ1) is 8.17. The number of nitriles is 1. The molecule has 5 heteroatoms. The fourth-order valence-corrected chi connectivity index (χ4v) is 1.10. The summed E-state index contributed by atoms with van der Waals surface area (Å²) in [5.41, 5.74) is 0.467. The second-order valence-corrected chi connectivity index (χ2v) is 3.01. The van der Waals surface area contributed by atoms with E-state index in [0.717, 1.165) is 11.0 Å². The molecule has 0 aliphatic rings. The van der Waals surface area contributed by atoms with Gasteiger partial charge in [0, 0.05) is 12.3 Å². The van der Waals surface area contributed by atoms with Crippen LogP contribution in [0.15, 0.2) is 36.5 Å². The van der Waals surface area contributed by atoms with Gasteiger partial charge in [-0.25, -0.2) is 9.18 Å². The molecule has 0 unspecified atom stereocenters. The quantitative estimate of drug-likeness (QED) is 0.347. The van der Waals surface area contributed by atoms with Crippen molar-refractivity contribution in [3.05, 3.63) is 42.4 Å². The molecule has 0 radical (unpaired) electrons. The third kappa shape index (κ3) is 3.95. The van der Waals surface area contributed by atoms with Crippen LogP contribution in [0, 0.1) is 17.3 Å². The Morgan fingerprint density at radius 1 is 1.53 bits per heavy atom. The topological polar surface area (TPSA) is 53.3 Å². The minimum atomic E-state index is -0.533. The van der Waals surface area contributed by atoms with Crippen molar-refractivity contribution in [1.82, 2.24) is 0 Å². The van der Waals surface area contributed by atoms with Gasteiger partial charge >= 0.3 is 5.97 Å². The fourth-order valence-electron chi connectivity index (χ4n) is 1.10. The third-order valence-electron chi connectivity index (χ3n) is 1.86. The van der Waals surface area contributed by atoms with Crippen molar-refractivity contribution >= 4 is 11.7 Å². The van der Waals surface area contributed by atoms with E-state index in [1.54, 1.807) is 6.92 Å². The molecule has 0 spiro atoms. The van der Waals surface area contributed by atoms with E-state index in [9.17, 15) is 9.18 Å². The summed E-state index contributed by atoms with van der Waals surface area (Å²) in [4.78, 5) is 12.2. The molecule has 17 heavy (non-hydrogen) atoms. The van der Waals surface area contributed by atoms with E-state index < -0.39 is 5.97 Å². The largest absolute Gasteiger partial charge is 0.463 e. The van der Waals surface area contributed by atoms with E-state index in [2.05, 4.69) is 4.74 Å². The summed E-state index contributed by atoms with van der Waals surface area (Å²) in [5, 5.41) is 8.87. The van der Waals surface area contributed by atoms with Gasteiger partial charge < -0.3 is 4.74 Å². The minimum Gasteiger partial charge on any atom is -0.463 e. The highest BCUT2D eigenvalue weighted by Crippen LogP contribution is 2.14. The van der Waals surface area contributed by atoms with Crippen molar-refractivity contribution in [3.8, 4) is 6.19 Å². The Bertz CT molecular complexity index is 449. The van der Waals surface area contributed by atoms with E-state index in [1.807, 2.05) is 6.19 Å². The molecular weight excluding hydrogens is 223 g/mol. The lowest BCUT2D eigenvalue weighted by atomic mass is 10.3. The smallest absolute Gasteiger partial charge is 0.332 e. The van der Waals surface area contributed by atoms with Crippen molar-refractivity contribution in [2.45, 2.75) is 6.92 Å². The van der Waals surface area contributed by atoms with Gasteiger partial charge in [-0.15, -0.1) is 0 Å². The summed E-state index contributed by atoms with van der Waals surface area (Å²) in [7, 11) is 0. The first-order valence-electron chi connectivity index (χ1n) is 4.97. The van der Waals surface area contributed by atoms with Gasteiger partial charge in [-0.1, -0.05) is 0 Å². The van der Waals surface area contributed by atoms with Crippen molar-refractivity contribution in [3.63, 3.8) is 0 Å². The number of esters is 1. The van der Waals surface area contributed by atoms with Crippen LogP contribution in [0.1, 0.15) is 6.92 Å². The Labute approximate surface area is 98.5 Å². The molecule has 0 bridgehead atoms. The van der Waals surface area contributed by atoms with E-state index in [4.69, 9.17) is 5.26 Å². The van der Waals surface area contributed by atoms with Gasteiger partial charge in [0.05, 0.1) is 12.3 Å². The Morgan fingerprint density at radius 3 is 2.71 bits per heavy atom. The molecule has 88 valence electrons. The number of hydrogen-bond acceptors (Lipinski definition) is 4. The molecule has 0 aliphatic carbocycles.